The van der Waals surface area contributed by atoms with Crippen LogP contribution in [0.3, 0.4) is 0 Å². The Bertz CT molecular complexity index is 408. The average Bonchev–Trinajstić information content (AvgIpc) is 2.39. The molecule has 2 heterocycles. The lowest BCUT2D eigenvalue weighted by atomic mass is 10.2. The third kappa shape index (κ3) is 3.10. The SMILES string of the molecule is CCC1CN(c2cc(C(N)=S)ccn2)CCS1. The molecule has 2 N–H and O–H groups in total. The maximum Gasteiger partial charge on any atom is 0.129 e. The van der Waals surface area contributed by atoms with Crippen LogP contribution in [0.25, 0.3) is 0 Å². The number of hydrogen-bond acceptors (Lipinski definition) is 4. The van der Waals surface area contributed by atoms with E-state index >= 15 is 0 Å². The zero-order chi connectivity index (χ0) is 12.3. The number of thiocarbonyl (C=S) groups is 1. The first-order chi connectivity index (χ1) is 8.20. The van der Waals surface area contributed by atoms with Gasteiger partial charge in [0.1, 0.15) is 10.8 Å². The zero-order valence-electron chi connectivity index (χ0n) is 9.93. The van der Waals surface area contributed by atoms with Crippen LogP contribution in [0.2, 0.25) is 0 Å². The van der Waals surface area contributed by atoms with Gasteiger partial charge in [-0.15, -0.1) is 0 Å². The molecule has 1 aromatic heterocycles. The Hall–Kier alpha value is -0.810. The van der Waals surface area contributed by atoms with E-state index in [1.807, 2.05) is 12.1 Å². The minimum Gasteiger partial charge on any atom is -0.389 e. The summed E-state index contributed by atoms with van der Waals surface area (Å²) in [7, 11) is 0. The van der Waals surface area contributed by atoms with E-state index in [1.54, 1.807) is 6.20 Å². The summed E-state index contributed by atoms with van der Waals surface area (Å²) in [6.07, 6.45) is 2.99. The molecule has 3 nitrogen and oxygen atoms in total. The van der Waals surface area contributed by atoms with Crippen molar-refractivity contribution in [3.63, 3.8) is 0 Å². The Balaban J connectivity index is 2.16. The topological polar surface area (TPSA) is 42.1 Å². The van der Waals surface area contributed by atoms with E-state index in [9.17, 15) is 0 Å². The molecule has 17 heavy (non-hydrogen) atoms. The van der Waals surface area contributed by atoms with Crippen LogP contribution in [0.4, 0.5) is 5.82 Å². The Morgan fingerprint density at radius 3 is 3.24 bits per heavy atom. The van der Waals surface area contributed by atoms with Gasteiger partial charge in [0.25, 0.3) is 0 Å². The normalized spacial score (nSPS) is 20.3. The van der Waals surface area contributed by atoms with Crippen LogP contribution in [0, 0.1) is 0 Å². The van der Waals surface area contributed by atoms with Crippen LogP contribution >= 0.6 is 24.0 Å². The summed E-state index contributed by atoms with van der Waals surface area (Å²) in [5.74, 6) is 2.16. The van der Waals surface area contributed by atoms with Crippen molar-refractivity contribution in [1.82, 2.24) is 4.98 Å². The average molecular weight is 267 g/mol. The predicted molar refractivity (Wildman–Crippen MR) is 78.9 cm³/mol. The number of aromatic nitrogens is 1. The molecule has 0 amide bonds. The molecule has 5 heteroatoms. The molecule has 2 rings (SSSR count). The van der Waals surface area contributed by atoms with Gasteiger partial charge in [-0.2, -0.15) is 11.8 Å². The number of nitrogens with zero attached hydrogens (tertiary/aromatic N) is 2. The number of nitrogens with two attached hydrogens (primary N) is 1. The fourth-order valence-electron chi connectivity index (χ4n) is 1.92. The van der Waals surface area contributed by atoms with Crippen molar-refractivity contribution in [3.8, 4) is 0 Å². The largest absolute Gasteiger partial charge is 0.389 e. The van der Waals surface area contributed by atoms with E-state index < -0.39 is 0 Å². The molecule has 1 fully saturated rings. The van der Waals surface area contributed by atoms with Crippen LogP contribution in [-0.4, -0.2) is 34.1 Å². The molecule has 92 valence electrons. The molecule has 1 saturated heterocycles. The van der Waals surface area contributed by atoms with E-state index in [2.05, 4.69) is 28.6 Å². The Morgan fingerprint density at radius 2 is 2.53 bits per heavy atom. The van der Waals surface area contributed by atoms with Gasteiger partial charge in [0.05, 0.1) is 0 Å². The second-order valence-electron chi connectivity index (χ2n) is 4.11. The quantitative estimate of drug-likeness (QED) is 0.849. The van der Waals surface area contributed by atoms with E-state index in [4.69, 9.17) is 18.0 Å². The number of rotatable bonds is 3. The molecule has 1 unspecified atom stereocenters. The van der Waals surface area contributed by atoms with E-state index in [1.165, 1.54) is 6.42 Å². The van der Waals surface area contributed by atoms with E-state index in [0.29, 0.717) is 10.2 Å². The van der Waals surface area contributed by atoms with Gasteiger partial charge in [-0.05, 0) is 18.6 Å². The van der Waals surface area contributed by atoms with E-state index in [0.717, 1.165) is 30.2 Å². The van der Waals surface area contributed by atoms with Crippen molar-refractivity contribution in [2.75, 3.05) is 23.7 Å². The van der Waals surface area contributed by atoms with Crippen molar-refractivity contribution >= 4 is 34.8 Å². The molecule has 1 aliphatic heterocycles. The number of hydrogen-bond donors (Lipinski definition) is 1. The number of anilines is 1. The fourth-order valence-corrected chi connectivity index (χ4v) is 3.23. The molecule has 0 radical (unpaired) electrons. The highest BCUT2D eigenvalue weighted by molar-refractivity contribution is 8.00. The summed E-state index contributed by atoms with van der Waals surface area (Å²) in [6.45, 7) is 4.35. The van der Waals surface area contributed by atoms with Crippen molar-refractivity contribution in [3.05, 3.63) is 23.9 Å². The first-order valence-electron chi connectivity index (χ1n) is 5.83. The van der Waals surface area contributed by atoms with Crippen molar-refractivity contribution in [2.45, 2.75) is 18.6 Å². The maximum absolute atomic E-state index is 5.65. The molecule has 1 aromatic rings. The highest BCUT2D eigenvalue weighted by Crippen LogP contribution is 2.24. The molecule has 0 bridgehead atoms. The third-order valence-electron chi connectivity index (χ3n) is 2.95. The van der Waals surface area contributed by atoms with Crippen LogP contribution in [-0.2, 0) is 0 Å². The van der Waals surface area contributed by atoms with Crippen LogP contribution < -0.4 is 10.6 Å². The smallest absolute Gasteiger partial charge is 0.129 e. The van der Waals surface area contributed by atoms with Gasteiger partial charge in [-0.3, -0.25) is 0 Å². The standard InChI is InChI=1S/C12H17N3S2/c1-2-10-8-15(5-6-17-10)11-7-9(12(13)16)3-4-14-11/h3-4,7,10H,2,5-6,8H2,1H3,(H2,13,16). The van der Waals surface area contributed by atoms with Gasteiger partial charge >= 0.3 is 0 Å². The van der Waals surface area contributed by atoms with Gasteiger partial charge in [-0.25, -0.2) is 4.98 Å². The van der Waals surface area contributed by atoms with E-state index in [-0.39, 0.29) is 0 Å². The Kier molecular flexibility index (Phi) is 4.23. The molecule has 1 aliphatic rings. The maximum atomic E-state index is 5.65. The molecule has 0 aliphatic carbocycles. The van der Waals surface area contributed by atoms with Crippen LogP contribution in [0.15, 0.2) is 18.3 Å². The highest BCUT2D eigenvalue weighted by Gasteiger charge is 2.20. The summed E-state index contributed by atoms with van der Waals surface area (Å²) in [4.78, 5) is 7.18. The molecule has 0 saturated carbocycles. The van der Waals surface area contributed by atoms with Crippen molar-refractivity contribution in [1.29, 1.82) is 0 Å². The molecular formula is C12H17N3S2. The van der Waals surface area contributed by atoms with Gasteiger partial charge < -0.3 is 10.6 Å². The summed E-state index contributed by atoms with van der Waals surface area (Å²) < 4.78 is 0. The van der Waals surface area contributed by atoms with Crippen molar-refractivity contribution < 1.29 is 0 Å². The van der Waals surface area contributed by atoms with Gasteiger partial charge in [0, 0.05) is 35.9 Å². The van der Waals surface area contributed by atoms with Gasteiger partial charge in [0.2, 0.25) is 0 Å². The second kappa shape index (κ2) is 5.69. The van der Waals surface area contributed by atoms with Gasteiger partial charge in [0.15, 0.2) is 0 Å². The molecular weight excluding hydrogens is 250 g/mol. The summed E-state index contributed by atoms with van der Waals surface area (Å²) in [6, 6.07) is 3.85. The Labute approximate surface area is 112 Å². The zero-order valence-corrected chi connectivity index (χ0v) is 11.6. The lowest BCUT2D eigenvalue weighted by Crippen LogP contribution is -2.38. The van der Waals surface area contributed by atoms with Crippen LogP contribution in [0.5, 0.6) is 0 Å². The third-order valence-corrected chi connectivity index (χ3v) is 4.56. The monoisotopic (exact) mass is 267 g/mol. The van der Waals surface area contributed by atoms with Crippen LogP contribution in [0.1, 0.15) is 18.9 Å². The summed E-state index contributed by atoms with van der Waals surface area (Å²) >= 11 is 7.05. The predicted octanol–water partition coefficient (Wildman–Crippen LogP) is 2.05. The Morgan fingerprint density at radius 1 is 1.71 bits per heavy atom. The fraction of sp³-hybridized carbons (Fsp3) is 0.500. The lowest BCUT2D eigenvalue weighted by molar-refractivity contribution is 0.720. The first kappa shape index (κ1) is 12.6. The first-order valence-corrected chi connectivity index (χ1v) is 7.29. The summed E-state index contributed by atoms with van der Waals surface area (Å²) in [5, 5.41) is 0.707. The molecule has 0 spiro atoms. The second-order valence-corrected chi connectivity index (χ2v) is 5.96. The number of thioether (sulfide) groups is 1. The van der Waals surface area contributed by atoms with Crippen molar-refractivity contribution in [2.24, 2.45) is 5.73 Å². The molecule has 1 atom stereocenters. The molecule has 0 aromatic carbocycles. The lowest BCUT2D eigenvalue weighted by Gasteiger charge is -2.32. The number of pyridine rings is 1. The minimum absolute atomic E-state index is 0.437. The highest BCUT2D eigenvalue weighted by atomic mass is 32.2. The summed E-state index contributed by atoms with van der Waals surface area (Å²) in [5.41, 5.74) is 6.55. The minimum atomic E-state index is 0.437. The van der Waals surface area contributed by atoms with Gasteiger partial charge in [-0.1, -0.05) is 19.1 Å².